The highest BCUT2D eigenvalue weighted by atomic mass is 16.5. The topological polar surface area (TPSA) is 24.5 Å². The number of nitrogens with one attached hydrogen (secondary N) is 1. The molecule has 0 aromatic carbocycles. The molecule has 3 heteroatoms. The lowest BCUT2D eigenvalue weighted by Gasteiger charge is -2.49. The average Bonchev–Trinajstić information content (AvgIpc) is 3.00. The van der Waals surface area contributed by atoms with Gasteiger partial charge in [0.2, 0.25) is 0 Å². The molecule has 0 amide bonds. The number of rotatable bonds is 7. The van der Waals surface area contributed by atoms with Crippen LogP contribution in [0.2, 0.25) is 0 Å². The molecule has 124 valence electrons. The number of piperazine rings is 1. The molecule has 1 heterocycles. The summed E-state index contributed by atoms with van der Waals surface area (Å²) in [5.41, 5.74) is 0.318. The van der Waals surface area contributed by atoms with Gasteiger partial charge in [0.05, 0.1) is 12.7 Å². The highest BCUT2D eigenvalue weighted by molar-refractivity contribution is 4.97. The first kappa shape index (κ1) is 17.2. The predicted molar refractivity (Wildman–Crippen MR) is 89.7 cm³/mol. The monoisotopic (exact) mass is 296 g/mol. The van der Waals surface area contributed by atoms with E-state index in [0.29, 0.717) is 23.6 Å². The van der Waals surface area contributed by atoms with E-state index in [4.69, 9.17) is 4.74 Å². The molecule has 21 heavy (non-hydrogen) atoms. The second kappa shape index (κ2) is 7.94. The van der Waals surface area contributed by atoms with Crippen molar-refractivity contribution in [3.05, 3.63) is 0 Å². The Morgan fingerprint density at radius 2 is 1.86 bits per heavy atom. The van der Waals surface area contributed by atoms with Crippen molar-refractivity contribution < 1.29 is 4.74 Å². The van der Waals surface area contributed by atoms with Gasteiger partial charge in [-0.3, -0.25) is 4.90 Å². The molecule has 1 atom stereocenters. The maximum Gasteiger partial charge on any atom is 0.0597 e. The van der Waals surface area contributed by atoms with Crippen molar-refractivity contribution in [2.45, 2.75) is 83.9 Å². The Hall–Kier alpha value is -0.120. The Labute approximate surface area is 131 Å². The summed E-state index contributed by atoms with van der Waals surface area (Å²) in [5, 5.41) is 3.84. The number of hydrogen-bond acceptors (Lipinski definition) is 3. The second-order valence-electron chi connectivity index (χ2n) is 7.43. The molecule has 2 aliphatic rings. The molecule has 0 aromatic heterocycles. The molecule has 1 unspecified atom stereocenters. The van der Waals surface area contributed by atoms with E-state index in [1.165, 1.54) is 45.1 Å². The Balaban J connectivity index is 1.87. The summed E-state index contributed by atoms with van der Waals surface area (Å²) in [4.78, 5) is 2.70. The highest BCUT2D eigenvalue weighted by Gasteiger charge is 2.37. The van der Waals surface area contributed by atoms with E-state index in [0.717, 1.165) is 19.7 Å². The minimum absolute atomic E-state index is 0.318. The van der Waals surface area contributed by atoms with E-state index in [-0.39, 0.29) is 0 Å². The summed E-state index contributed by atoms with van der Waals surface area (Å²) in [6.07, 6.45) is 8.27. The maximum atomic E-state index is 6.11. The summed E-state index contributed by atoms with van der Waals surface area (Å²) in [6.45, 7) is 13.7. The first-order chi connectivity index (χ1) is 10.1. The van der Waals surface area contributed by atoms with E-state index in [2.05, 4.69) is 37.9 Å². The molecule has 2 fully saturated rings. The fourth-order valence-corrected chi connectivity index (χ4v) is 4.03. The van der Waals surface area contributed by atoms with Crippen LogP contribution in [-0.4, -0.2) is 48.8 Å². The van der Waals surface area contributed by atoms with Crippen molar-refractivity contribution >= 4 is 0 Å². The Kier molecular flexibility index (Phi) is 6.51. The summed E-state index contributed by atoms with van der Waals surface area (Å²) in [7, 11) is 0. The first-order valence-electron chi connectivity index (χ1n) is 9.21. The van der Waals surface area contributed by atoms with Gasteiger partial charge in [-0.25, -0.2) is 0 Å². The van der Waals surface area contributed by atoms with Crippen molar-refractivity contribution in [1.29, 1.82) is 0 Å². The lowest BCUT2D eigenvalue weighted by molar-refractivity contribution is 0.000106. The Bertz CT molecular complexity index is 296. The molecule has 1 saturated carbocycles. The minimum Gasteiger partial charge on any atom is -0.377 e. The second-order valence-corrected chi connectivity index (χ2v) is 7.43. The van der Waals surface area contributed by atoms with Crippen LogP contribution in [-0.2, 0) is 4.74 Å². The molecular weight excluding hydrogens is 260 g/mol. The van der Waals surface area contributed by atoms with Gasteiger partial charge in [0.1, 0.15) is 0 Å². The quantitative estimate of drug-likeness (QED) is 0.779. The average molecular weight is 296 g/mol. The molecule has 1 saturated heterocycles. The van der Waals surface area contributed by atoms with E-state index < -0.39 is 0 Å². The van der Waals surface area contributed by atoms with Crippen LogP contribution >= 0.6 is 0 Å². The van der Waals surface area contributed by atoms with Crippen LogP contribution in [0.5, 0.6) is 0 Å². The third kappa shape index (κ3) is 4.43. The first-order valence-corrected chi connectivity index (χ1v) is 9.21. The molecule has 0 aromatic rings. The summed E-state index contributed by atoms with van der Waals surface area (Å²) < 4.78 is 6.11. The standard InChI is InChI=1S/C18H36N2O/c1-5-18(6-2)14-20(17(13-19-18)15(3)4)11-12-21-16-9-7-8-10-16/h15-17,19H,5-14H2,1-4H3. The van der Waals surface area contributed by atoms with Gasteiger partial charge in [-0.2, -0.15) is 0 Å². The zero-order chi connectivity index (χ0) is 15.3. The van der Waals surface area contributed by atoms with Gasteiger partial charge in [0, 0.05) is 31.2 Å². The maximum absolute atomic E-state index is 6.11. The van der Waals surface area contributed by atoms with Gasteiger partial charge in [-0.1, -0.05) is 40.5 Å². The van der Waals surface area contributed by atoms with Gasteiger partial charge >= 0.3 is 0 Å². The smallest absolute Gasteiger partial charge is 0.0597 e. The largest absolute Gasteiger partial charge is 0.377 e. The van der Waals surface area contributed by atoms with Crippen LogP contribution in [0.1, 0.15) is 66.2 Å². The normalized spacial score (nSPS) is 27.6. The van der Waals surface area contributed by atoms with Gasteiger partial charge in [-0.05, 0) is 31.6 Å². The molecule has 1 N–H and O–H groups in total. The van der Waals surface area contributed by atoms with Crippen LogP contribution in [0.15, 0.2) is 0 Å². The molecule has 0 spiro atoms. The van der Waals surface area contributed by atoms with Crippen LogP contribution in [0.3, 0.4) is 0 Å². The molecule has 1 aliphatic heterocycles. The zero-order valence-corrected chi connectivity index (χ0v) is 14.7. The summed E-state index contributed by atoms with van der Waals surface area (Å²) in [6, 6.07) is 0.656. The van der Waals surface area contributed by atoms with Crippen molar-refractivity contribution in [3.63, 3.8) is 0 Å². The van der Waals surface area contributed by atoms with Crippen molar-refractivity contribution in [3.8, 4) is 0 Å². The van der Waals surface area contributed by atoms with Crippen LogP contribution in [0, 0.1) is 5.92 Å². The van der Waals surface area contributed by atoms with Gasteiger partial charge in [0.15, 0.2) is 0 Å². The minimum atomic E-state index is 0.318. The van der Waals surface area contributed by atoms with Crippen molar-refractivity contribution in [1.82, 2.24) is 10.2 Å². The third-order valence-electron chi connectivity index (χ3n) is 5.82. The molecule has 3 nitrogen and oxygen atoms in total. The fraction of sp³-hybridized carbons (Fsp3) is 1.00. The lowest BCUT2D eigenvalue weighted by atomic mass is 9.86. The van der Waals surface area contributed by atoms with Gasteiger partial charge in [0.25, 0.3) is 0 Å². The fourth-order valence-electron chi connectivity index (χ4n) is 4.03. The van der Waals surface area contributed by atoms with E-state index >= 15 is 0 Å². The Morgan fingerprint density at radius 1 is 1.19 bits per heavy atom. The molecule has 0 bridgehead atoms. The van der Waals surface area contributed by atoms with Gasteiger partial charge < -0.3 is 10.1 Å². The Morgan fingerprint density at radius 3 is 2.43 bits per heavy atom. The number of nitrogens with zero attached hydrogens (tertiary/aromatic N) is 1. The lowest BCUT2D eigenvalue weighted by Crippen LogP contribution is -2.65. The third-order valence-corrected chi connectivity index (χ3v) is 5.82. The van der Waals surface area contributed by atoms with E-state index in [9.17, 15) is 0 Å². The predicted octanol–water partition coefficient (Wildman–Crippen LogP) is 3.43. The summed E-state index contributed by atoms with van der Waals surface area (Å²) in [5.74, 6) is 0.704. The molecule has 2 rings (SSSR count). The SMILES string of the molecule is CCC1(CC)CN(CCOC2CCCC2)C(C(C)C)CN1. The van der Waals surface area contributed by atoms with Gasteiger partial charge in [-0.15, -0.1) is 0 Å². The molecular formula is C18H36N2O. The van der Waals surface area contributed by atoms with Crippen LogP contribution < -0.4 is 5.32 Å². The summed E-state index contributed by atoms with van der Waals surface area (Å²) >= 11 is 0. The van der Waals surface area contributed by atoms with Crippen molar-refractivity contribution in [2.24, 2.45) is 5.92 Å². The van der Waals surface area contributed by atoms with Crippen LogP contribution in [0.4, 0.5) is 0 Å². The van der Waals surface area contributed by atoms with E-state index in [1.54, 1.807) is 0 Å². The molecule has 0 radical (unpaired) electrons. The van der Waals surface area contributed by atoms with E-state index in [1.807, 2.05) is 0 Å². The van der Waals surface area contributed by atoms with Crippen molar-refractivity contribution in [2.75, 3.05) is 26.2 Å². The highest BCUT2D eigenvalue weighted by Crippen LogP contribution is 2.26. The van der Waals surface area contributed by atoms with Crippen LogP contribution in [0.25, 0.3) is 0 Å². The zero-order valence-electron chi connectivity index (χ0n) is 14.7. The number of hydrogen-bond donors (Lipinski definition) is 1. The molecule has 1 aliphatic carbocycles. The number of ether oxygens (including phenoxy) is 1.